The third kappa shape index (κ3) is 5.24. The van der Waals surface area contributed by atoms with Crippen molar-refractivity contribution >= 4 is 51.9 Å². The van der Waals surface area contributed by atoms with Gasteiger partial charge in [-0.25, -0.2) is 9.97 Å². The third-order valence-corrected chi connectivity index (χ3v) is 5.67. The highest BCUT2D eigenvalue weighted by Crippen LogP contribution is 2.32. The number of aromatic nitrogens is 3. The number of fused-ring (bicyclic) bond motifs is 1. The first kappa shape index (κ1) is 22.4. The van der Waals surface area contributed by atoms with E-state index in [0.29, 0.717) is 38.4 Å². The van der Waals surface area contributed by atoms with Gasteiger partial charge in [-0.2, -0.15) is 0 Å². The maximum Gasteiger partial charge on any atom is 0.253 e. The van der Waals surface area contributed by atoms with Gasteiger partial charge in [-0.15, -0.1) is 0 Å². The average Bonchev–Trinajstić information content (AvgIpc) is 3.03. The predicted octanol–water partition coefficient (Wildman–Crippen LogP) is 6.11. The molecule has 30 heavy (non-hydrogen) atoms. The number of pyridine rings is 1. The van der Waals surface area contributed by atoms with E-state index in [-0.39, 0.29) is 11.9 Å². The van der Waals surface area contributed by atoms with Crippen molar-refractivity contribution in [2.45, 2.75) is 52.0 Å². The molecule has 0 saturated heterocycles. The zero-order valence-corrected chi connectivity index (χ0v) is 19.0. The van der Waals surface area contributed by atoms with E-state index in [9.17, 15) is 4.79 Å². The number of imidazole rings is 1. The van der Waals surface area contributed by atoms with Crippen molar-refractivity contribution in [3.63, 3.8) is 0 Å². The minimum Gasteiger partial charge on any atom is -0.350 e. The summed E-state index contributed by atoms with van der Waals surface area (Å²) in [7, 11) is 1.84. The molecule has 3 aromatic rings. The quantitative estimate of drug-likeness (QED) is 0.388. The van der Waals surface area contributed by atoms with Crippen LogP contribution in [0.4, 0.5) is 11.6 Å². The van der Waals surface area contributed by atoms with Crippen LogP contribution in [-0.4, -0.2) is 26.5 Å². The normalized spacial score (nSPS) is 12.2. The number of nitrogens with one attached hydrogen (secondary N) is 2. The number of para-hydroxylation sites is 1. The number of rotatable bonds is 9. The molecule has 2 heterocycles. The molecular formula is C22H27Cl2N5O. The number of anilines is 2. The summed E-state index contributed by atoms with van der Waals surface area (Å²) >= 11 is 12.5. The molecule has 6 nitrogen and oxygen atoms in total. The molecule has 2 aromatic heterocycles. The van der Waals surface area contributed by atoms with Crippen LogP contribution in [0, 0.1) is 0 Å². The molecule has 3 rings (SSSR count). The summed E-state index contributed by atoms with van der Waals surface area (Å²) in [6, 6.07) is 7.15. The van der Waals surface area contributed by atoms with Gasteiger partial charge in [0, 0.05) is 19.3 Å². The molecule has 1 aromatic carbocycles. The van der Waals surface area contributed by atoms with E-state index >= 15 is 0 Å². The van der Waals surface area contributed by atoms with Crippen molar-refractivity contribution in [2.24, 2.45) is 7.05 Å². The molecular weight excluding hydrogens is 421 g/mol. The summed E-state index contributed by atoms with van der Waals surface area (Å²) in [5.41, 5.74) is 2.34. The fourth-order valence-electron chi connectivity index (χ4n) is 3.30. The minimum absolute atomic E-state index is 0.119. The number of carbonyl (C=O) groups is 1. The number of carbonyl (C=O) groups excluding carboxylic acids is 1. The lowest BCUT2D eigenvalue weighted by Crippen LogP contribution is -2.32. The highest BCUT2D eigenvalue weighted by molar-refractivity contribution is 6.39. The number of aryl methyl sites for hydroxylation is 1. The van der Waals surface area contributed by atoms with Gasteiger partial charge in [0.1, 0.15) is 5.52 Å². The van der Waals surface area contributed by atoms with Crippen molar-refractivity contribution in [3.05, 3.63) is 46.1 Å². The Kier molecular flexibility index (Phi) is 7.56. The van der Waals surface area contributed by atoms with E-state index in [1.54, 1.807) is 35.0 Å². The minimum atomic E-state index is -0.137. The second kappa shape index (κ2) is 10.1. The van der Waals surface area contributed by atoms with Crippen LogP contribution in [-0.2, 0) is 7.05 Å². The Balaban J connectivity index is 1.74. The van der Waals surface area contributed by atoms with Gasteiger partial charge in [-0.3, -0.25) is 9.36 Å². The Morgan fingerprint density at radius 2 is 1.93 bits per heavy atom. The number of benzene rings is 1. The van der Waals surface area contributed by atoms with Crippen LogP contribution in [0.1, 0.15) is 56.3 Å². The lowest BCUT2D eigenvalue weighted by Gasteiger charge is -2.13. The van der Waals surface area contributed by atoms with Gasteiger partial charge in [-0.1, -0.05) is 61.9 Å². The summed E-state index contributed by atoms with van der Waals surface area (Å²) in [4.78, 5) is 21.6. The number of amides is 1. The van der Waals surface area contributed by atoms with E-state index in [1.807, 2.05) is 14.0 Å². The Labute approximate surface area is 187 Å². The first-order valence-corrected chi connectivity index (χ1v) is 11.0. The number of halogens is 2. The largest absolute Gasteiger partial charge is 0.350 e. The van der Waals surface area contributed by atoms with Crippen molar-refractivity contribution in [1.29, 1.82) is 0 Å². The summed E-state index contributed by atoms with van der Waals surface area (Å²) in [6.07, 6.45) is 7.30. The molecule has 8 heteroatoms. The Bertz CT molecular complexity index is 1010. The molecule has 0 aliphatic heterocycles. The van der Waals surface area contributed by atoms with Crippen molar-refractivity contribution in [3.8, 4) is 0 Å². The third-order valence-electron chi connectivity index (χ3n) is 5.04. The highest BCUT2D eigenvalue weighted by Gasteiger charge is 2.16. The maximum atomic E-state index is 12.6. The maximum absolute atomic E-state index is 12.6. The van der Waals surface area contributed by atoms with Crippen molar-refractivity contribution in [1.82, 2.24) is 19.9 Å². The fraction of sp³-hybridized carbons (Fsp3) is 0.409. The molecule has 0 fully saturated rings. The molecule has 0 aliphatic carbocycles. The Morgan fingerprint density at radius 3 is 2.63 bits per heavy atom. The first-order chi connectivity index (χ1) is 14.4. The Morgan fingerprint density at radius 1 is 1.20 bits per heavy atom. The van der Waals surface area contributed by atoms with Gasteiger partial charge in [0.15, 0.2) is 5.65 Å². The molecule has 1 amide bonds. The highest BCUT2D eigenvalue weighted by atomic mass is 35.5. The van der Waals surface area contributed by atoms with Crippen molar-refractivity contribution in [2.75, 3.05) is 5.32 Å². The van der Waals surface area contributed by atoms with Crippen LogP contribution in [0.15, 0.2) is 30.5 Å². The molecule has 160 valence electrons. The molecule has 0 spiro atoms. The predicted molar refractivity (Wildman–Crippen MR) is 124 cm³/mol. The lowest BCUT2D eigenvalue weighted by atomic mass is 10.1. The number of hydrogen-bond acceptors (Lipinski definition) is 4. The molecule has 2 N–H and O–H groups in total. The smallest absolute Gasteiger partial charge is 0.253 e. The molecule has 0 radical (unpaired) electrons. The van der Waals surface area contributed by atoms with E-state index in [0.717, 1.165) is 12.8 Å². The van der Waals surface area contributed by atoms with Gasteiger partial charge >= 0.3 is 0 Å². The van der Waals surface area contributed by atoms with Crippen molar-refractivity contribution < 1.29 is 4.79 Å². The SMILES string of the molecule is CCCCCC[C@@H](C)NC(=O)c1cnc2c(c1)nc(Nc1c(Cl)cccc1Cl)n2C. The van der Waals surface area contributed by atoms with Gasteiger partial charge < -0.3 is 10.6 Å². The van der Waals surface area contributed by atoms with Gasteiger partial charge in [0.2, 0.25) is 5.95 Å². The summed E-state index contributed by atoms with van der Waals surface area (Å²) in [5.74, 6) is 0.399. The summed E-state index contributed by atoms with van der Waals surface area (Å²) in [5, 5.41) is 7.20. The second-order valence-electron chi connectivity index (χ2n) is 7.51. The molecule has 0 saturated carbocycles. The lowest BCUT2D eigenvalue weighted by molar-refractivity contribution is 0.0937. The van der Waals surface area contributed by atoms with E-state index in [1.165, 1.54) is 19.3 Å². The van der Waals surface area contributed by atoms with Crippen LogP contribution in [0.25, 0.3) is 11.2 Å². The van der Waals surface area contributed by atoms with Crippen LogP contribution >= 0.6 is 23.2 Å². The Hall–Kier alpha value is -2.31. The van der Waals surface area contributed by atoms with E-state index in [4.69, 9.17) is 23.2 Å². The first-order valence-electron chi connectivity index (χ1n) is 10.2. The molecule has 0 bridgehead atoms. The number of hydrogen-bond donors (Lipinski definition) is 2. The molecule has 1 atom stereocenters. The van der Waals surface area contributed by atoms with Crippen LogP contribution < -0.4 is 10.6 Å². The second-order valence-corrected chi connectivity index (χ2v) is 8.32. The monoisotopic (exact) mass is 447 g/mol. The van der Waals surface area contributed by atoms with Gasteiger partial charge in [-0.05, 0) is 31.5 Å². The topological polar surface area (TPSA) is 71.8 Å². The number of nitrogens with zero attached hydrogens (tertiary/aromatic N) is 3. The van der Waals surface area contributed by atoms with Crippen LogP contribution in [0.3, 0.4) is 0 Å². The molecule has 0 aliphatic rings. The molecule has 0 unspecified atom stereocenters. The van der Waals surface area contributed by atoms with Crippen LogP contribution in [0.5, 0.6) is 0 Å². The zero-order valence-electron chi connectivity index (χ0n) is 17.5. The number of unbranched alkanes of at least 4 members (excludes halogenated alkanes) is 3. The average molecular weight is 448 g/mol. The van der Waals surface area contributed by atoms with Gasteiger partial charge in [0.25, 0.3) is 5.91 Å². The zero-order chi connectivity index (χ0) is 21.7. The fourth-order valence-corrected chi connectivity index (χ4v) is 3.79. The summed E-state index contributed by atoms with van der Waals surface area (Å²) in [6.45, 7) is 4.22. The standard InChI is InChI=1S/C22H27Cl2N5O/c1-4-5-6-7-9-14(2)26-21(30)15-12-18-20(25-13-15)29(3)22(27-18)28-19-16(23)10-8-11-17(19)24/h8,10-14H,4-7,9H2,1-3H3,(H,26,30)(H,27,28)/t14-/m1/s1. The van der Waals surface area contributed by atoms with E-state index in [2.05, 4.69) is 27.5 Å². The van der Waals surface area contributed by atoms with Gasteiger partial charge in [0.05, 0.1) is 21.3 Å². The van der Waals surface area contributed by atoms with Crippen LogP contribution in [0.2, 0.25) is 10.0 Å². The summed E-state index contributed by atoms with van der Waals surface area (Å²) < 4.78 is 1.80. The van der Waals surface area contributed by atoms with E-state index < -0.39 is 0 Å².